The molecular formula is C34H26ClN5O2S. The maximum Gasteiger partial charge on any atom is 0.257 e. The fraction of sp³-hybridized carbons (Fsp3) is 0.0588. The number of amides is 2. The number of aromatic nitrogens is 3. The van der Waals surface area contributed by atoms with Crippen molar-refractivity contribution in [2.24, 2.45) is 0 Å². The molecule has 5 aromatic carbocycles. The number of benzene rings is 5. The monoisotopic (exact) mass is 603 g/mol. The van der Waals surface area contributed by atoms with Crippen molar-refractivity contribution in [3.05, 3.63) is 137 Å². The van der Waals surface area contributed by atoms with Crippen LogP contribution in [0.2, 0.25) is 5.02 Å². The normalized spacial score (nSPS) is 10.9. The first-order valence-corrected chi connectivity index (χ1v) is 15.0. The summed E-state index contributed by atoms with van der Waals surface area (Å²) < 4.78 is 2.00. The average Bonchev–Trinajstić information content (AvgIpc) is 3.43. The first-order valence-electron chi connectivity index (χ1n) is 13.6. The van der Waals surface area contributed by atoms with E-state index in [-0.39, 0.29) is 17.6 Å². The Hall–Kier alpha value is -4.92. The van der Waals surface area contributed by atoms with Crippen LogP contribution in [-0.2, 0) is 11.3 Å². The molecule has 0 atom stereocenters. The molecule has 6 aromatic rings. The zero-order chi connectivity index (χ0) is 29.6. The van der Waals surface area contributed by atoms with E-state index in [0.29, 0.717) is 33.8 Å². The van der Waals surface area contributed by atoms with Crippen molar-refractivity contribution in [1.29, 1.82) is 0 Å². The maximum absolute atomic E-state index is 13.0. The number of halogens is 1. The number of hydrogen-bond donors (Lipinski definition) is 2. The molecule has 0 aliphatic rings. The van der Waals surface area contributed by atoms with Gasteiger partial charge in [-0.05, 0) is 53.4 Å². The van der Waals surface area contributed by atoms with Crippen LogP contribution in [0.15, 0.2) is 126 Å². The van der Waals surface area contributed by atoms with Gasteiger partial charge in [0.15, 0.2) is 11.0 Å². The molecule has 6 rings (SSSR count). The highest BCUT2D eigenvalue weighted by Crippen LogP contribution is 2.28. The summed E-state index contributed by atoms with van der Waals surface area (Å²) in [6.07, 6.45) is 0. The van der Waals surface area contributed by atoms with Crippen LogP contribution in [0, 0.1) is 0 Å². The molecule has 2 amide bonds. The third kappa shape index (κ3) is 6.61. The van der Waals surface area contributed by atoms with Crippen molar-refractivity contribution in [1.82, 2.24) is 14.8 Å². The molecule has 0 spiro atoms. The van der Waals surface area contributed by atoms with Crippen molar-refractivity contribution in [3.63, 3.8) is 0 Å². The van der Waals surface area contributed by atoms with Crippen LogP contribution >= 0.6 is 23.4 Å². The minimum atomic E-state index is -0.286. The lowest BCUT2D eigenvalue weighted by molar-refractivity contribution is -0.113. The summed E-state index contributed by atoms with van der Waals surface area (Å²) in [6.45, 7) is 0.529. The second kappa shape index (κ2) is 12.9. The molecule has 0 saturated carbocycles. The number of carbonyl (C=O) groups excluding carboxylic acids is 2. The predicted molar refractivity (Wildman–Crippen MR) is 174 cm³/mol. The molecule has 7 nitrogen and oxygen atoms in total. The Morgan fingerprint density at radius 2 is 1.47 bits per heavy atom. The number of nitrogens with one attached hydrogen (secondary N) is 2. The van der Waals surface area contributed by atoms with Crippen LogP contribution in [0.5, 0.6) is 0 Å². The van der Waals surface area contributed by atoms with Crippen LogP contribution in [-0.4, -0.2) is 32.3 Å². The lowest BCUT2D eigenvalue weighted by Gasteiger charge is -2.12. The molecule has 43 heavy (non-hydrogen) atoms. The Balaban J connectivity index is 1.20. The highest BCUT2D eigenvalue weighted by Gasteiger charge is 2.17. The van der Waals surface area contributed by atoms with Crippen molar-refractivity contribution in [3.8, 4) is 11.4 Å². The minimum Gasteiger partial charge on any atom is -0.325 e. The number of thioether (sulfide) groups is 1. The van der Waals surface area contributed by atoms with Gasteiger partial charge in [-0.2, -0.15) is 0 Å². The molecule has 0 radical (unpaired) electrons. The van der Waals surface area contributed by atoms with Gasteiger partial charge in [-0.1, -0.05) is 102 Å². The van der Waals surface area contributed by atoms with Crippen molar-refractivity contribution in [2.75, 3.05) is 16.4 Å². The number of rotatable bonds is 9. The second-order valence-corrected chi connectivity index (χ2v) is 11.1. The Kier molecular flexibility index (Phi) is 8.49. The highest BCUT2D eigenvalue weighted by atomic mass is 35.5. The van der Waals surface area contributed by atoms with E-state index in [1.807, 2.05) is 102 Å². The molecule has 0 fully saturated rings. The van der Waals surface area contributed by atoms with E-state index in [4.69, 9.17) is 11.6 Å². The number of carbonyl (C=O) groups is 2. The topological polar surface area (TPSA) is 88.9 Å². The van der Waals surface area contributed by atoms with Crippen molar-refractivity contribution >= 4 is 57.3 Å². The van der Waals surface area contributed by atoms with Gasteiger partial charge in [-0.3, -0.25) is 14.2 Å². The highest BCUT2D eigenvalue weighted by molar-refractivity contribution is 7.99. The Morgan fingerprint density at radius 3 is 2.28 bits per heavy atom. The van der Waals surface area contributed by atoms with Gasteiger partial charge >= 0.3 is 0 Å². The molecule has 1 aromatic heterocycles. The first kappa shape index (κ1) is 28.2. The molecule has 0 aliphatic heterocycles. The quantitative estimate of drug-likeness (QED) is 0.165. The van der Waals surface area contributed by atoms with E-state index in [2.05, 4.69) is 20.8 Å². The number of hydrogen-bond acceptors (Lipinski definition) is 5. The van der Waals surface area contributed by atoms with Gasteiger partial charge < -0.3 is 10.6 Å². The van der Waals surface area contributed by atoms with Gasteiger partial charge in [0, 0.05) is 22.3 Å². The molecule has 1 heterocycles. The zero-order valence-corrected chi connectivity index (χ0v) is 24.5. The third-order valence-electron chi connectivity index (χ3n) is 6.82. The fourth-order valence-electron chi connectivity index (χ4n) is 4.71. The average molecular weight is 604 g/mol. The Morgan fingerprint density at radius 1 is 0.744 bits per heavy atom. The summed E-state index contributed by atoms with van der Waals surface area (Å²) in [7, 11) is 0. The Labute approximate surface area is 257 Å². The van der Waals surface area contributed by atoms with E-state index >= 15 is 0 Å². The number of anilines is 2. The maximum atomic E-state index is 13.0. The lowest BCUT2D eigenvalue weighted by atomic mass is 10.1. The predicted octanol–water partition coefficient (Wildman–Crippen LogP) is 7.78. The fourth-order valence-corrected chi connectivity index (χ4v) is 5.67. The molecule has 212 valence electrons. The van der Waals surface area contributed by atoms with Crippen LogP contribution in [0.3, 0.4) is 0 Å². The Bertz CT molecular complexity index is 1900. The smallest absolute Gasteiger partial charge is 0.257 e. The van der Waals surface area contributed by atoms with Gasteiger partial charge in [-0.15, -0.1) is 10.2 Å². The first-order chi connectivity index (χ1) is 21.0. The summed E-state index contributed by atoms with van der Waals surface area (Å²) >= 11 is 7.51. The van der Waals surface area contributed by atoms with E-state index in [1.165, 1.54) is 11.8 Å². The summed E-state index contributed by atoms with van der Waals surface area (Å²) in [4.78, 5) is 25.7. The molecule has 0 aliphatic carbocycles. The lowest BCUT2D eigenvalue weighted by Crippen LogP contribution is -2.15. The molecule has 0 unspecified atom stereocenters. The minimum absolute atomic E-state index is 0.129. The van der Waals surface area contributed by atoms with Crippen LogP contribution in [0.1, 0.15) is 15.9 Å². The summed E-state index contributed by atoms with van der Waals surface area (Å²) in [5.74, 6) is 0.412. The molecule has 0 bridgehead atoms. The molecule has 2 N–H and O–H groups in total. The van der Waals surface area contributed by atoms with Gasteiger partial charge in [0.05, 0.1) is 22.9 Å². The zero-order valence-electron chi connectivity index (χ0n) is 22.9. The second-order valence-electron chi connectivity index (χ2n) is 9.75. The van der Waals surface area contributed by atoms with Crippen molar-refractivity contribution < 1.29 is 9.59 Å². The van der Waals surface area contributed by atoms with Gasteiger partial charge in [0.2, 0.25) is 5.91 Å². The van der Waals surface area contributed by atoms with Crippen LogP contribution < -0.4 is 10.6 Å². The van der Waals surface area contributed by atoms with Crippen LogP contribution in [0.25, 0.3) is 22.2 Å². The molecular weight excluding hydrogens is 578 g/mol. The van der Waals surface area contributed by atoms with Crippen molar-refractivity contribution in [2.45, 2.75) is 11.7 Å². The van der Waals surface area contributed by atoms with E-state index < -0.39 is 0 Å². The van der Waals surface area contributed by atoms with Gasteiger partial charge in [0.25, 0.3) is 5.91 Å². The molecule has 0 saturated heterocycles. The van der Waals surface area contributed by atoms with E-state index in [0.717, 1.165) is 27.6 Å². The standard InChI is InChI=1S/C34H26ClN5O2S/c35-29-15-7-6-14-28(29)33(42)36-26-19-17-25(18-20-26)32-38-39-34(40(32)21-23-9-2-1-3-10-23)43-22-31(41)37-30-16-8-12-24-11-4-5-13-27(24)30/h1-20H,21-22H2,(H,36,42)(H,37,41). The van der Waals surface area contributed by atoms with Gasteiger partial charge in [-0.25, -0.2) is 0 Å². The van der Waals surface area contributed by atoms with E-state index in [9.17, 15) is 9.59 Å². The van der Waals surface area contributed by atoms with Gasteiger partial charge in [0.1, 0.15) is 0 Å². The third-order valence-corrected chi connectivity index (χ3v) is 8.11. The number of fused-ring (bicyclic) bond motifs is 1. The van der Waals surface area contributed by atoms with E-state index in [1.54, 1.807) is 24.3 Å². The summed E-state index contributed by atoms with van der Waals surface area (Å²) in [6, 6.07) is 38.1. The SMILES string of the molecule is O=C(CSc1nnc(-c2ccc(NC(=O)c3ccccc3Cl)cc2)n1Cc1ccccc1)Nc1cccc2ccccc12. The summed E-state index contributed by atoms with van der Waals surface area (Å²) in [5, 5.41) is 17.9. The molecule has 9 heteroatoms. The largest absolute Gasteiger partial charge is 0.325 e. The van der Waals surface area contributed by atoms with Crippen LogP contribution in [0.4, 0.5) is 11.4 Å². The number of nitrogens with zero attached hydrogens (tertiary/aromatic N) is 3. The summed E-state index contributed by atoms with van der Waals surface area (Å²) in [5.41, 5.74) is 3.71.